The summed E-state index contributed by atoms with van der Waals surface area (Å²) in [5.74, 6) is 1.18. The molecule has 1 unspecified atom stereocenters. The number of ether oxygens (including phenoxy) is 1. The smallest absolute Gasteiger partial charge is 0.407 e. The molecule has 170 valence electrons. The molecule has 2 aliphatic carbocycles. The molecule has 0 bridgehead atoms. The minimum atomic E-state index is -1.10. The van der Waals surface area contributed by atoms with Crippen molar-refractivity contribution in [3.8, 4) is 0 Å². The van der Waals surface area contributed by atoms with E-state index in [9.17, 15) is 9.59 Å². The SMILES string of the molecule is C1CCC(C2CCCCC2)CC1.CC(Cc1ccccc1)OC(=O)NCC(=O)O.N. The number of nitrogens with one attached hydrogen (secondary N) is 1. The lowest BCUT2D eigenvalue weighted by atomic mass is 9.73. The van der Waals surface area contributed by atoms with E-state index in [0.717, 1.165) is 17.4 Å². The molecule has 3 rings (SSSR count). The standard InChI is InChI=1S/C12H15NO4.C12H22.H3N/c1-9(7-10-5-3-2-4-6-10)17-12(16)13-8-11(14)15;1-3-7-11(8-4-1)12-9-5-2-6-10-12;/h2-6,9H,7-8H2,1H3,(H,13,16)(H,14,15);11-12H,1-10H2;1H3. The Hall–Kier alpha value is -2.08. The van der Waals surface area contributed by atoms with E-state index in [1.54, 1.807) is 32.6 Å². The van der Waals surface area contributed by atoms with Crippen LogP contribution in [0, 0.1) is 11.8 Å². The van der Waals surface area contributed by atoms with Gasteiger partial charge in [-0.3, -0.25) is 4.79 Å². The summed E-state index contributed by atoms with van der Waals surface area (Å²) in [6, 6.07) is 9.61. The van der Waals surface area contributed by atoms with Gasteiger partial charge in [-0.25, -0.2) is 4.79 Å². The van der Waals surface area contributed by atoms with Crippen LogP contribution in [0.5, 0.6) is 0 Å². The first-order valence-electron chi connectivity index (χ1n) is 11.2. The van der Waals surface area contributed by atoms with Crippen molar-refractivity contribution in [1.29, 1.82) is 0 Å². The average Bonchev–Trinajstić information content (AvgIpc) is 2.75. The Bertz CT molecular complexity index is 580. The van der Waals surface area contributed by atoms with Crippen molar-refractivity contribution in [2.24, 2.45) is 11.8 Å². The molecule has 6 heteroatoms. The van der Waals surface area contributed by atoms with Crippen LogP contribution in [-0.2, 0) is 16.0 Å². The van der Waals surface area contributed by atoms with Gasteiger partial charge in [-0.2, -0.15) is 0 Å². The molecular weight excluding hydrogens is 380 g/mol. The molecular formula is C24H40N2O4. The molecule has 2 saturated carbocycles. The molecule has 0 radical (unpaired) electrons. The Morgan fingerprint density at radius 1 is 0.967 bits per heavy atom. The van der Waals surface area contributed by atoms with E-state index in [1.165, 1.54) is 38.5 Å². The average molecular weight is 421 g/mol. The number of rotatable bonds is 6. The Morgan fingerprint density at radius 2 is 1.47 bits per heavy atom. The van der Waals surface area contributed by atoms with Crippen molar-refractivity contribution in [1.82, 2.24) is 11.5 Å². The summed E-state index contributed by atoms with van der Waals surface area (Å²) in [5.41, 5.74) is 1.06. The minimum absolute atomic E-state index is 0. The highest BCUT2D eigenvalue weighted by molar-refractivity contribution is 5.76. The van der Waals surface area contributed by atoms with Crippen molar-refractivity contribution in [2.45, 2.75) is 83.7 Å². The molecule has 1 amide bonds. The Labute approximate surface area is 181 Å². The summed E-state index contributed by atoms with van der Waals surface area (Å²) >= 11 is 0. The molecule has 1 atom stereocenters. The quantitative estimate of drug-likeness (QED) is 0.543. The highest BCUT2D eigenvalue weighted by Crippen LogP contribution is 2.37. The number of carboxylic acid groups (broad SMARTS) is 1. The number of carboxylic acids is 1. The zero-order valence-electron chi connectivity index (χ0n) is 18.5. The predicted molar refractivity (Wildman–Crippen MR) is 120 cm³/mol. The molecule has 1 aromatic carbocycles. The molecule has 0 aromatic heterocycles. The lowest BCUT2D eigenvalue weighted by Gasteiger charge is -2.32. The van der Waals surface area contributed by atoms with Crippen LogP contribution >= 0.6 is 0 Å². The summed E-state index contributed by atoms with van der Waals surface area (Å²) in [5, 5.41) is 10.5. The fraction of sp³-hybridized carbons (Fsp3) is 0.667. The van der Waals surface area contributed by atoms with E-state index >= 15 is 0 Å². The largest absolute Gasteiger partial charge is 0.480 e. The number of hydrogen-bond acceptors (Lipinski definition) is 4. The third-order valence-corrected chi connectivity index (χ3v) is 6.02. The molecule has 30 heavy (non-hydrogen) atoms. The van der Waals surface area contributed by atoms with Gasteiger partial charge in [-0.1, -0.05) is 94.5 Å². The summed E-state index contributed by atoms with van der Waals surface area (Å²) in [7, 11) is 0. The van der Waals surface area contributed by atoms with E-state index in [-0.39, 0.29) is 12.3 Å². The highest BCUT2D eigenvalue weighted by Gasteiger charge is 2.24. The maximum atomic E-state index is 11.2. The maximum Gasteiger partial charge on any atom is 0.407 e. The molecule has 0 heterocycles. The molecule has 5 N–H and O–H groups in total. The van der Waals surface area contributed by atoms with Gasteiger partial charge in [0.1, 0.15) is 12.6 Å². The van der Waals surface area contributed by atoms with Gasteiger partial charge in [0.2, 0.25) is 0 Å². The number of amides is 1. The minimum Gasteiger partial charge on any atom is -0.480 e. The van der Waals surface area contributed by atoms with Crippen LogP contribution in [0.1, 0.15) is 76.7 Å². The topological polar surface area (TPSA) is 111 Å². The van der Waals surface area contributed by atoms with Crippen molar-refractivity contribution in [3.63, 3.8) is 0 Å². The van der Waals surface area contributed by atoms with E-state index < -0.39 is 18.6 Å². The second-order valence-corrected chi connectivity index (χ2v) is 8.45. The van der Waals surface area contributed by atoms with E-state index in [0.29, 0.717) is 6.42 Å². The first kappa shape index (κ1) is 26.0. The number of alkyl carbamates (subject to hydrolysis) is 1. The third kappa shape index (κ3) is 10.6. The van der Waals surface area contributed by atoms with Gasteiger partial charge >= 0.3 is 12.1 Å². The van der Waals surface area contributed by atoms with Gasteiger partial charge in [-0.05, 0) is 24.3 Å². The van der Waals surface area contributed by atoms with Crippen molar-refractivity contribution in [2.75, 3.05) is 6.54 Å². The molecule has 1 aromatic rings. The second kappa shape index (κ2) is 14.8. The Kier molecular flexibility index (Phi) is 12.8. The van der Waals surface area contributed by atoms with Gasteiger partial charge in [0.15, 0.2) is 0 Å². The fourth-order valence-electron chi connectivity index (χ4n) is 4.57. The molecule has 0 aliphatic heterocycles. The lowest BCUT2D eigenvalue weighted by Crippen LogP contribution is -2.32. The molecule has 0 spiro atoms. The first-order chi connectivity index (χ1) is 14.0. The number of benzene rings is 1. The summed E-state index contributed by atoms with van der Waals surface area (Å²) < 4.78 is 4.99. The zero-order valence-corrected chi connectivity index (χ0v) is 18.5. The molecule has 6 nitrogen and oxygen atoms in total. The van der Waals surface area contributed by atoms with Gasteiger partial charge in [-0.15, -0.1) is 0 Å². The predicted octanol–water partition coefficient (Wildman–Crippen LogP) is 5.74. The summed E-state index contributed by atoms with van der Waals surface area (Å²) in [6.45, 7) is 1.32. The van der Waals surface area contributed by atoms with Crippen LogP contribution in [0.4, 0.5) is 4.79 Å². The highest BCUT2D eigenvalue weighted by atomic mass is 16.6. The van der Waals surface area contributed by atoms with E-state index in [2.05, 4.69) is 5.32 Å². The first-order valence-corrected chi connectivity index (χ1v) is 11.2. The Morgan fingerprint density at radius 3 is 1.93 bits per heavy atom. The lowest BCUT2D eigenvalue weighted by molar-refractivity contribution is -0.135. The molecule has 2 aliphatic rings. The van der Waals surface area contributed by atoms with E-state index in [4.69, 9.17) is 9.84 Å². The van der Waals surface area contributed by atoms with Crippen molar-refractivity contribution < 1.29 is 19.4 Å². The van der Waals surface area contributed by atoms with Gasteiger partial charge < -0.3 is 21.3 Å². The van der Waals surface area contributed by atoms with Crippen LogP contribution < -0.4 is 11.5 Å². The number of carbonyl (C=O) groups excluding carboxylic acids is 1. The monoisotopic (exact) mass is 420 g/mol. The fourth-order valence-corrected chi connectivity index (χ4v) is 4.57. The number of aliphatic carboxylic acids is 1. The van der Waals surface area contributed by atoms with Crippen LogP contribution in [0.15, 0.2) is 30.3 Å². The second-order valence-electron chi connectivity index (χ2n) is 8.45. The van der Waals surface area contributed by atoms with Gasteiger partial charge in [0, 0.05) is 6.42 Å². The van der Waals surface area contributed by atoms with E-state index in [1.807, 2.05) is 30.3 Å². The van der Waals surface area contributed by atoms with Crippen LogP contribution in [0.25, 0.3) is 0 Å². The zero-order chi connectivity index (χ0) is 20.9. The summed E-state index contributed by atoms with van der Waals surface area (Å²) in [4.78, 5) is 21.4. The van der Waals surface area contributed by atoms with Crippen LogP contribution in [-0.4, -0.2) is 29.8 Å². The van der Waals surface area contributed by atoms with Gasteiger partial charge in [0.05, 0.1) is 0 Å². The normalized spacial score (nSPS) is 18.2. The van der Waals surface area contributed by atoms with Crippen molar-refractivity contribution >= 4 is 12.1 Å². The van der Waals surface area contributed by atoms with Crippen LogP contribution in [0.3, 0.4) is 0 Å². The van der Waals surface area contributed by atoms with Gasteiger partial charge in [0.25, 0.3) is 0 Å². The maximum absolute atomic E-state index is 11.2. The number of carbonyl (C=O) groups is 2. The Balaban J connectivity index is 0.000000304. The number of hydrogen-bond donors (Lipinski definition) is 3. The third-order valence-electron chi connectivity index (χ3n) is 6.02. The van der Waals surface area contributed by atoms with Crippen molar-refractivity contribution in [3.05, 3.63) is 35.9 Å². The molecule has 0 saturated heterocycles. The molecule has 2 fully saturated rings. The summed E-state index contributed by atoms with van der Waals surface area (Å²) in [6.07, 6.45) is 15.0. The van der Waals surface area contributed by atoms with Crippen LogP contribution in [0.2, 0.25) is 0 Å².